The number of nitrogens with one attached hydrogen (secondary N) is 1. The van der Waals surface area contributed by atoms with E-state index < -0.39 is 6.04 Å². The molecule has 1 unspecified atom stereocenters. The monoisotopic (exact) mass is 185 g/mol. The number of benzene rings is 1. The Labute approximate surface area is 76.1 Å². The molecule has 0 aromatic heterocycles. The molecule has 72 valence electrons. The summed E-state index contributed by atoms with van der Waals surface area (Å²) in [6.45, 7) is 1.65. The molecule has 4 heteroatoms. The van der Waals surface area contributed by atoms with E-state index in [0.29, 0.717) is 11.3 Å². The van der Waals surface area contributed by atoms with E-state index in [1.165, 1.54) is 19.2 Å². The number of ether oxygens (including phenoxy) is 1. The van der Waals surface area contributed by atoms with Crippen LogP contribution in [0.25, 0.3) is 0 Å². The van der Waals surface area contributed by atoms with Crippen LogP contribution in [0.15, 0.2) is 18.2 Å². The van der Waals surface area contributed by atoms with Crippen molar-refractivity contribution in [1.82, 2.24) is 5.48 Å². The molecule has 3 nitrogen and oxygen atoms in total. The molecule has 2 N–H and O–H groups in total. The molecule has 13 heavy (non-hydrogen) atoms. The van der Waals surface area contributed by atoms with Gasteiger partial charge in [0.2, 0.25) is 0 Å². The van der Waals surface area contributed by atoms with Crippen molar-refractivity contribution in [3.8, 4) is 5.75 Å². The Bertz CT molecular complexity index is 291. The molecule has 1 aromatic carbocycles. The Morgan fingerprint density at radius 1 is 1.54 bits per heavy atom. The van der Waals surface area contributed by atoms with E-state index in [9.17, 15) is 4.39 Å². The standard InChI is InChI=1S/C9H12FNO2/c1-6(11-12)8-5-7(13-2)3-4-9(8)10/h3-6,11-12H,1-2H3. The molecule has 0 fully saturated rings. The second-order valence-electron chi connectivity index (χ2n) is 2.74. The first-order valence-electron chi connectivity index (χ1n) is 3.92. The van der Waals surface area contributed by atoms with Gasteiger partial charge in [-0.1, -0.05) is 0 Å². The lowest BCUT2D eigenvalue weighted by atomic mass is 10.1. The van der Waals surface area contributed by atoms with Crippen LogP contribution in [0.1, 0.15) is 18.5 Å². The maximum absolute atomic E-state index is 13.1. The smallest absolute Gasteiger partial charge is 0.128 e. The number of methoxy groups -OCH3 is 1. The van der Waals surface area contributed by atoms with Crippen LogP contribution >= 0.6 is 0 Å². The van der Waals surface area contributed by atoms with Crippen molar-refractivity contribution in [3.63, 3.8) is 0 Å². The van der Waals surface area contributed by atoms with Crippen molar-refractivity contribution in [2.75, 3.05) is 7.11 Å². The van der Waals surface area contributed by atoms with E-state index >= 15 is 0 Å². The molecule has 0 aliphatic heterocycles. The number of halogens is 1. The van der Waals surface area contributed by atoms with Gasteiger partial charge >= 0.3 is 0 Å². The lowest BCUT2D eigenvalue weighted by Crippen LogP contribution is -2.14. The van der Waals surface area contributed by atoms with Gasteiger partial charge in [-0.05, 0) is 25.1 Å². The van der Waals surface area contributed by atoms with Crippen molar-refractivity contribution in [2.45, 2.75) is 13.0 Å². The zero-order valence-corrected chi connectivity index (χ0v) is 7.54. The van der Waals surface area contributed by atoms with Crippen LogP contribution in [0.5, 0.6) is 5.75 Å². The summed E-state index contributed by atoms with van der Waals surface area (Å²) >= 11 is 0. The molecule has 0 bridgehead atoms. The third kappa shape index (κ3) is 2.17. The van der Waals surface area contributed by atoms with E-state index in [4.69, 9.17) is 9.94 Å². The van der Waals surface area contributed by atoms with Gasteiger partial charge in [0, 0.05) is 5.56 Å². The van der Waals surface area contributed by atoms with E-state index in [0.717, 1.165) is 0 Å². The third-order valence-electron chi connectivity index (χ3n) is 1.86. The summed E-state index contributed by atoms with van der Waals surface area (Å²) < 4.78 is 18.1. The zero-order chi connectivity index (χ0) is 9.84. The van der Waals surface area contributed by atoms with Crippen LogP contribution in [-0.2, 0) is 0 Å². The Hall–Kier alpha value is -1.13. The molecule has 1 atom stereocenters. The summed E-state index contributed by atoms with van der Waals surface area (Å²) in [5.74, 6) is 0.202. The van der Waals surface area contributed by atoms with Crippen LogP contribution in [-0.4, -0.2) is 12.3 Å². The predicted molar refractivity (Wildman–Crippen MR) is 46.3 cm³/mol. The fourth-order valence-electron chi connectivity index (χ4n) is 1.05. The Kier molecular flexibility index (Phi) is 3.22. The number of hydroxylamine groups is 1. The summed E-state index contributed by atoms with van der Waals surface area (Å²) in [6, 6.07) is 3.93. The first-order chi connectivity index (χ1) is 6.19. The first kappa shape index (κ1) is 9.95. The lowest BCUT2D eigenvalue weighted by Gasteiger charge is -2.11. The minimum atomic E-state index is -0.449. The molecule has 1 aromatic rings. The minimum Gasteiger partial charge on any atom is -0.497 e. The fourth-order valence-corrected chi connectivity index (χ4v) is 1.05. The van der Waals surface area contributed by atoms with Crippen LogP contribution in [0.4, 0.5) is 4.39 Å². The molecule has 0 radical (unpaired) electrons. The quantitative estimate of drug-likeness (QED) is 0.706. The Balaban J connectivity index is 3.03. The lowest BCUT2D eigenvalue weighted by molar-refractivity contribution is 0.131. The molecule has 0 amide bonds. The van der Waals surface area contributed by atoms with Crippen molar-refractivity contribution in [2.24, 2.45) is 0 Å². The van der Waals surface area contributed by atoms with Crippen LogP contribution in [0.3, 0.4) is 0 Å². The summed E-state index contributed by atoms with van der Waals surface area (Å²) in [4.78, 5) is 0. The van der Waals surface area contributed by atoms with Gasteiger partial charge in [-0.25, -0.2) is 4.39 Å². The van der Waals surface area contributed by atoms with Crippen molar-refractivity contribution in [1.29, 1.82) is 0 Å². The van der Waals surface area contributed by atoms with Gasteiger partial charge in [-0.2, -0.15) is 5.48 Å². The SMILES string of the molecule is COc1ccc(F)c(C(C)NO)c1. The van der Waals surface area contributed by atoms with Gasteiger partial charge < -0.3 is 9.94 Å². The average molecular weight is 185 g/mol. The van der Waals surface area contributed by atoms with E-state index in [-0.39, 0.29) is 5.82 Å². The third-order valence-corrected chi connectivity index (χ3v) is 1.86. The largest absolute Gasteiger partial charge is 0.497 e. The number of hydrogen-bond acceptors (Lipinski definition) is 3. The number of hydrogen-bond donors (Lipinski definition) is 2. The molecule has 0 saturated carbocycles. The average Bonchev–Trinajstić information content (AvgIpc) is 2.17. The topological polar surface area (TPSA) is 41.5 Å². The van der Waals surface area contributed by atoms with Crippen LogP contribution < -0.4 is 10.2 Å². The molecule has 0 heterocycles. The zero-order valence-electron chi connectivity index (χ0n) is 7.54. The van der Waals surface area contributed by atoms with Gasteiger partial charge in [-0.15, -0.1) is 0 Å². The maximum Gasteiger partial charge on any atom is 0.128 e. The van der Waals surface area contributed by atoms with Gasteiger partial charge in [0.05, 0.1) is 13.2 Å². The maximum atomic E-state index is 13.1. The predicted octanol–water partition coefficient (Wildman–Crippen LogP) is 1.87. The molecule has 0 spiro atoms. The molecule has 0 aliphatic rings. The fraction of sp³-hybridized carbons (Fsp3) is 0.333. The number of rotatable bonds is 3. The van der Waals surface area contributed by atoms with E-state index in [1.54, 1.807) is 13.0 Å². The van der Waals surface area contributed by atoms with Crippen LogP contribution in [0.2, 0.25) is 0 Å². The Morgan fingerprint density at radius 3 is 2.77 bits per heavy atom. The van der Waals surface area contributed by atoms with Crippen molar-refractivity contribution < 1.29 is 14.3 Å². The second-order valence-corrected chi connectivity index (χ2v) is 2.74. The highest BCUT2D eigenvalue weighted by atomic mass is 19.1. The second kappa shape index (κ2) is 4.20. The Morgan fingerprint density at radius 2 is 2.23 bits per heavy atom. The molecule has 1 rings (SSSR count). The molecular weight excluding hydrogens is 173 g/mol. The van der Waals surface area contributed by atoms with Crippen molar-refractivity contribution in [3.05, 3.63) is 29.6 Å². The highest BCUT2D eigenvalue weighted by Crippen LogP contribution is 2.21. The van der Waals surface area contributed by atoms with E-state index in [1.807, 2.05) is 5.48 Å². The molecule has 0 aliphatic carbocycles. The highest BCUT2D eigenvalue weighted by molar-refractivity contribution is 5.31. The van der Waals surface area contributed by atoms with Gasteiger partial charge in [0.15, 0.2) is 0 Å². The molecular formula is C9H12FNO2. The highest BCUT2D eigenvalue weighted by Gasteiger charge is 2.10. The van der Waals surface area contributed by atoms with Crippen molar-refractivity contribution >= 4 is 0 Å². The summed E-state index contributed by atoms with van der Waals surface area (Å²) in [6.07, 6.45) is 0. The van der Waals surface area contributed by atoms with E-state index in [2.05, 4.69) is 0 Å². The first-order valence-corrected chi connectivity index (χ1v) is 3.92. The van der Waals surface area contributed by atoms with Crippen LogP contribution in [0, 0.1) is 5.82 Å². The summed E-state index contributed by atoms with van der Waals surface area (Å²) in [5, 5.41) is 8.62. The normalized spacial score (nSPS) is 12.6. The summed E-state index contributed by atoms with van der Waals surface area (Å²) in [5.41, 5.74) is 2.35. The van der Waals surface area contributed by atoms with Gasteiger partial charge in [-0.3, -0.25) is 0 Å². The van der Waals surface area contributed by atoms with Gasteiger partial charge in [0.1, 0.15) is 11.6 Å². The molecule has 0 saturated heterocycles. The minimum absolute atomic E-state index is 0.366. The summed E-state index contributed by atoms with van der Waals surface area (Å²) in [7, 11) is 1.51. The van der Waals surface area contributed by atoms with Gasteiger partial charge in [0.25, 0.3) is 0 Å².